The first-order valence-electron chi connectivity index (χ1n) is 6.47. The van der Waals surface area contributed by atoms with Gasteiger partial charge < -0.3 is 0 Å². The minimum absolute atomic E-state index is 0.933. The van der Waals surface area contributed by atoms with Gasteiger partial charge in [0.25, 0.3) is 0 Å². The lowest BCUT2D eigenvalue weighted by molar-refractivity contribution is 0.310. The second kappa shape index (κ2) is 7.31. The van der Waals surface area contributed by atoms with Crippen molar-refractivity contribution in [2.75, 3.05) is 0 Å². The summed E-state index contributed by atoms with van der Waals surface area (Å²) in [6, 6.07) is 0. The Balaban J connectivity index is 2.11. The van der Waals surface area contributed by atoms with Crippen LogP contribution in [0.25, 0.3) is 0 Å². The van der Waals surface area contributed by atoms with Crippen LogP contribution < -0.4 is 0 Å². The molecule has 1 rings (SSSR count). The lowest BCUT2D eigenvalue weighted by atomic mass is 9.84. The van der Waals surface area contributed by atoms with Crippen LogP contribution >= 0.6 is 0 Å². The fraction of sp³-hybridized carbons (Fsp3) is 0.857. The minimum Gasteiger partial charge on any atom is -0.0533 e. The second-order valence-corrected chi connectivity index (χ2v) is 4.80. The van der Waals surface area contributed by atoms with E-state index in [2.05, 4.69) is 13.8 Å². The standard InChI is InChI=1S/C14H26/c1-3-5-6-7-10-13(4-2)14-11-8-9-12-14/h13-14H,1-12H2. The maximum absolute atomic E-state index is 4.12. The highest BCUT2D eigenvalue weighted by Crippen LogP contribution is 2.35. The minimum atomic E-state index is 0.933. The van der Waals surface area contributed by atoms with E-state index < -0.39 is 0 Å². The van der Waals surface area contributed by atoms with E-state index in [9.17, 15) is 0 Å². The highest BCUT2D eigenvalue weighted by molar-refractivity contribution is 4.76. The molecule has 1 aliphatic rings. The van der Waals surface area contributed by atoms with Gasteiger partial charge in [-0.15, -0.1) is 0 Å². The van der Waals surface area contributed by atoms with Crippen molar-refractivity contribution in [2.45, 2.75) is 64.2 Å². The number of hydrogen-bond acceptors (Lipinski definition) is 0. The SMILES string of the molecule is [CH2]CCCCCC(C[CH2])C1CCCC1. The predicted octanol–water partition coefficient (Wildman–Crippen LogP) is 4.80. The Labute approximate surface area is 90.5 Å². The first-order valence-corrected chi connectivity index (χ1v) is 6.47. The molecule has 2 radical (unpaired) electrons. The quantitative estimate of drug-likeness (QED) is 0.511. The summed E-state index contributed by atoms with van der Waals surface area (Å²) in [5.41, 5.74) is 0. The maximum Gasteiger partial charge on any atom is -0.0386 e. The van der Waals surface area contributed by atoms with Gasteiger partial charge in [0.15, 0.2) is 0 Å². The van der Waals surface area contributed by atoms with Crippen LogP contribution in [0.5, 0.6) is 0 Å². The van der Waals surface area contributed by atoms with Crippen molar-refractivity contribution in [3.63, 3.8) is 0 Å². The Hall–Kier alpha value is 0. The lowest BCUT2D eigenvalue weighted by Gasteiger charge is -2.21. The van der Waals surface area contributed by atoms with Crippen LogP contribution in [0.2, 0.25) is 0 Å². The van der Waals surface area contributed by atoms with E-state index >= 15 is 0 Å². The molecule has 0 nitrogen and oxygen atoms in total. The second-order valence-electron chi connectivity index (χ2n) is 4.80. The van der Waals surface area contributed by atoms with Crippen molar-refractivity contribution in [2.24, 2.45) is 11.8 Å². The molecular weight excluding hydrogens is 168 g/mol. The van der Waals surface area contributed by atoms with Gasteiger partial charge in [-0.05, 0) is 11.8 Å². The van der Waals surface area contributed by atoms with Crippen LogP contribution in [-0.4, -0.2) is 0 Å². The number of rotatable bonds is 7. The van der Waals surface area contributed by atoms with Crippen LogP contribution in [0.1, 0.15) is 64.2 Å². The van der Waals surface area contributed by atoms with Crippen LogP contribution in [0.15, 0.2) is 0 Å². The number of hydrogen-bond donors (Lipinski definition) is 0. The Morgan fingerprint density at radius 1 is 1.00 bits per heavy atom. The van der Waals surface area contributed by atoms with Gasteiger partial charge in [0.1, 0.15) is 0 Å². The highest BCUT2D eigenvalue weighted by atomic mass is 14.3. The largest absolute Gasteiger partial charge is 0.0533 e. The third-order valence-electron chi connectivity index (χ3n) is 3.76. The smallest absolute Gasteiger partial charge is 0.0386 e. The van der Waals surface area contributed by atoms with Crippen molar-refractivity contribution in [3.8, 4) is 0 Å². The van der Waals surface area contributed by atoms with E-state index in [1.165, 1.54) is 51.4 Å². The Morgan fingerprint density at radius 2 is 1.71 bits per heavy atom. The van der Waals surface area contributed by atoms with Gasteiger partial charge in [0, 0.05) is 0 Å². The van der Waals surface area contributed by atoms with Gasteiger partial charge >= 0.3 is 0 Å². The molecule has 1 unspecified atom stereocenters. The molecule has 0 heterocycles. The van der Waals surface area contributed by atoms with Crippen molar-refractivity contribution < 1.29 is 0 Å². The molecule has 1 saturated carbocycles. The molecule has 0 bridgehead atoms. The molecule has 0 aromatic rings. The van der Waals surface area contributed by atoms with Gasteiger partial charge in [-0.1, -0.05) is 78.1 Å². The molecular formula is C14H26. The van der Waals surface area contributed by atoms with Gasteiger partial charge in [-0.2, -0.15) is 0 Å². The highest BCUT2D eigenvalue weighted by Gasteiger charge is 2.22. The third-order valence-corrected chi connectivity index (χ3v) is 3.76. The molecule has 0 heteroatoms. The van der Waals surface area contributed by atoms with Crippen molar-refractivity contribution in [3.05, 3.63) is 13.8 Å². The van der Waals surface area contributed by atoms with Crippen LogP contribution in [-0.2, 0) is 0 Å². The molecule has 0 amide bonds. The van der Waals surface area contributed by atoms with Crippen LogP contribution in [0.4, 0.5) is 0 Å². The van der Waals surface area contributed by atoms with E-state index in [0.717, 1.165) is 24.7 Å². The lowest BCUT2D eigenvalue weighted by Crippen LogP contribution is -2.10. The number of unbranched alkanes of at least 4 members (excludes halogenated alkanes) is 3. The fourth-order valence-electron chi connectivity index (χ4n) is 2.80. The normalized spacial score (nSPS) is 20.1. The van der Waals surface area contributed by atoms with Gasteiger partial charge in [0.2, 0.25) is 0 Å². The Morgan fingerprint density at radius 3 is 2.29 bits per heavy atom. The summed E-state index contributed by atoms with van der Waals surface area (Å²) in [6.45, 7) is 8.00. The summed E-state index contributed by atoms with van der Waals surface area (Å²) < 4.78 is 0. The average Bonchev–Trinajstić information content (AvgIpc) is 2.71. The van der Waals surface area contributed by atoms with Crippen molar-refractivity contribution in [1.82, 2.24) is 0 Å². The summed E-state index contributed by atoms with van der Waals surface area (Å²) in [7, 11) is 0. The summed E-state index contributed by atoms with van der Waals surface area (Å²) in [6.07, 6.45) is 13.7. The van der Waals surface area contributed by atoms with Crippen LogP contribution in [0, 0.1) is 25.7 Å². The van der Waals surface area contributed by atoms with E-state index in [1.807, 2.05) is 0 Å². The first-order chi connectivity index (χ1) is 6.88. The summed E-state index contributed by atoms with van der Waals surface area (Å²) in [5, 5.41) is 0. The summed E-state index contributed by atoms with van der Waals surface area (Å²) >= 11 is 0. The zero-order valence-electron chi connectivity index (χ0n) is 9.64. The molecule has 0 aliphatic heterocycles. The summed E-state index contributed by atoms with van der Waals surface area (Å²) in [4.78, 5) is 0. The van der Waals surface area contributed by atoms with Gasteiger partial charge in [-0.3, -0.25) is 0 Å². The molecule has 0 N–H and O–H groups in total. The van der Waals surface area contributed by atoms with Gasteiger partial charge in [-0.25, -0.2) is 0 Å². The molecule has 0 aromatic carbocycles. The fourth-order valence-corrected chi connectivity index (χ4v) is 2.80. The third kappa shape index (κ3) is 4.02. The molecule has 1 fully saturated rings. The maximum atomic E-state index is 4.12. The Bertz CT molecular complexity index is 122. The topological polar surface area (TPSA) is 0 Å². The average molecular weight is 194 g/mol. The van der Waals surface area contributed by atoms with Crippen molar-refractivity contribution in [1.29, 1.82) is 0 Å². The van der Waals surface area contributed by atoms with Crippen molar-refractivity contribution >= 4 is 0 Å². The van der Waals surface area contributed by atoms with E-state index in [1.54, 1.807) is 0 Å². The molecule has 1 atom stereocenters. The van der Waals surface area contributed by atoms with E-state index in [4.69, 9.17) is 0 Å². The zero-order chi connectivity index (χ0) is 10.2. The zero-order valence-corrected chi connectivity index (χ0v) is 9.64. The van der Waals surface area contributed by atoms with E-state index in [-0.39, 0.29) is 0 Å². The molecule has 14 heavy (non-hydrogen) atoms. The monoisotopic (exact) mass is 194 g/mol. The molecule has 0 spiro atoms. The Kier molecular flexibility index (Phi) is 6.31. The molecule has 82 valence electrons. The summed E-state index contributed by atoms with van der Waals surface area (Å²) in [5.74, 6) is 1.95. The van der Waals surface area contributed by atoms with Crippen LogP contribution in [0.3, 0.4) is 0 Å². The molecule has 0 saturated heterocycles. The van der Waals surface area contributed by atoms with Gasteiger partial charge in [0.05, 0.1) is 0 Å². The first kappa shape index (κ1) is 12.1. The van der Waals surface area contributed by atoms with E-state index in [0.29, 0.717) is 0 Å². The molecule has 1 aliphatic carbocycles. The molecule has 0 aromatic heterocycles. The predicted molar refractivity (Wildman–Crippen MR) is 63.9 cm³/mol.